The summed E-state index contributed by atoms with van der Waals surface area (Å²) in [6.07, 6.45) is -5.01. The van der Waals surface area contributed by atoms with Crippen molar-refractivity contribution in [2.75, 3.05) is 7.11 Å². The third-order valence-electron chi connectivity index (χ3n) is 1.66. The Morgan fingerprint density at radius 1 is 1.50 bits per heavy atom. The molecular weight excluding hydrogens is 249 g/mol. The number of methoxy groups -OCH3 is 1. The van der Waals surface area contributed by atoms with Gasteiger partial charge in [0.25, 0.3) is 0 Å². The Balaban J connectivity index is 3.03. The molecule has 0 saturated carbocycles. The maximum absolute atomic E-state index is 12.4. The topological polar surface area (TPSA) is 52.1 Å². The number of carbonyl (C=O) groups is 1. The van der Waals surface area contributed by atoms with Crippen LogP contribution in [-0.2, 0) is 22.1 Å². The molecule has 0 atom stereocenters. The van der Waals surface area contributed by atoms with Crippen LogP contribution in [0.3, 0.4) is 0 Å². The summed E-state index contributed by atoms with van der Waals surface area (Å²) in [4.78, 5) is 10.8. The molecule has 0 aromatic carbocycles. The van der Waals surface area contributed by atoms with Gasteiger partial charge in [0.05, 0.1) is 24.8 Å². The monoisotopic (exact) mass is 254 g/mol. The van der Waals surface area contributed by atoms with E-state index < -0.39 is 22.9 Å². The molecule has 8 heteroatoms. The van der Waals surface area contributed by atoms with E-state index in [0.717, 1.165) is 7.11 Å². The average molecular weight is 255 g/mol. The summed E-state index contributed by atoms with van der Waals surface area (Å²) in [7, 11) is 1.12. The highest BCUT2D eigenvalue weighted by molar-refractivity contribution is 6.30. The molecule has 0 aliphatic rings. The van der Waals surface area contributed by atoms with Gasteiger partial charge in [-0.15, -0.1) is 5.10 Å². The van der Waals surface area contributed by atoms with Crippen LogP contribution in [0.15, 0.2) is 6.07 Å². The Morgan fingerprint density at radius 3 is 2.62 bits per heavy atom. The smallest absolute Gasteiger partial charge is 0.419 e. The second-order valence-corrected chi connectivity index (χ2v) is 3.15. The molecule has 0 aliphatic carbocycles. The van der Waals surface area contributed by atoms with Crippen molar-refractivity contribution in [2.24, 2.45) is 0 Å². The number of rotatable bonds is 2. The van der Waals surface area contributed by atoms with Gasteiger partial charge in [0.1, 0.15) is 0 Å². The quantitative estimate of drug-likeness (QED) is 0.756. The Morgan fingerprint density at radius 2 is 2.12 bits per heavy atom. The van der Waals surface area contributed by atoms with Gasteiger partial charge in [-0.05, 0) is 6.07 Å². The molecule has 1 aromatic heterocycles. The number of hydrogen-bond acceptors (Lipinski definition) is 4. The maximum atomic E-state index is 12.4. The molecule has 0 N–H and O–H groups in total. The number of aromatic nitrogens is 2. The van der Waals surface area contributed by atoms with E-state index in [0.29, 0.717) is 6.07 Å². The highest BCUT2D eigenvalue weighted by atomic mass is 35.5. The second kappa shape index (κ2) is 4.65. The zero-order valence-electron chi connectivity index (χ0n) is 8.01. The van der Waals surface area contributed by atoms with Crippen molar-refractivity contribution in [3.05, 3.63) is 22.5 Å². The van der Waals surface area contributed by atoms with Crippen LogP contribution in [0.1, 0.15) is 11.3 Å². The number of alkyl halides is 3. The maximum Gasteiger partial charge on any atom is 0.419 e. The lowest BCUT2D eigenvalue weighted by atomic mass is 10.2. The van der Waals surface area contributed by atoms with E-state index in [2.05, 4.69) is 14.9 Å². The molecule has 1 aromatic rings. The van der Waals surface area contributed by atoms with Crippen LogP contribution in [0.4, 0.5) is 13.2 Å². The summed E-state index contributed by atoms with van der Waals surface area (Å²) in [5, 5.41) is 5.73. The lowest BCUT2D eigenvalue weighted by Gasteiger charge is -2.08. The van der Waals surface area contributed by atoms with Gasteiger partial charge in [-0.2, -0.15) is 18.3 Å². The fraction of sp³-hybridized carbons (Fsp3) is 0.375. The van der Waals surface area contributed by atoms with E-state index in [9.17, 15) is 18.0 Å². The molecule has 88 valence electrons. The predicted molar refractivity (Wildman–Crippen MR) is 47.8 cm³/mol. The number of nitrogens with zero attached hydrogens (tertiary/aromatic N) is 2. The van der Waals surface area contributed by atoms with E-state index in [1.54, 1.807) is 0 Å². The number of halogens is 4. The first-order chi connectivity index (χ1) is 7.34. The van der Waals surface area contributed by atoms with Crippen LogP contribution in [0, 0.1) is 0 Å². The average Bonchev–Trinajstić information content (AvgIpc) is 2.19. The Hall–Kier alpha value is -1.37. The first-order valence-electron chi connectivity index (χ1n) is 4.00. The summed E-state index contributed by atoms with van der Waals surface area (Å²) in [5.41, 5.74) is -1.27. The standard InChI is InChI=1S/C8H6ClF3N2O2/c1-16-6(15)3-4-2-5(8(10,11)12)7(9)14-13-4/h2H,3H2,1H3. The van der Waals surface area contributed by atoms with Gasteiger partial charge >= 0.3 is 12.1 Å². The first-order valence-corrected chi connectivity index (χ1v) is 4.38. The summed E-state index contributed by atoms with van der Waals surface area (Å²) in [6, 6.07) is 0.673. The molecule has 0 fully saturated rings. The molecule has 0 unspecified atom stereocenters. The van der Waals surface area contributed by atoms with Crippen LogP contribution >= 0.6 is 11.6 Å². The van der Waals surface area contributed by atoms with Gasteiger partial charge in [-0.25, -0.2) is 0 Å². The number of carbonyl (C=O) groups excluding carboxylic acids is 1. The Bertz CT molecular complexity index is 409. The molecule has 0 bridgehead atoms. The van der Waals surface area contributed by atoms with Crippen LogP contribution in [0.5, 0.6) is 0 Å². The fourth-order valence-corrected chi connectivity index (χ4v) is 1.12. The van der Waals surface area contributed by atoms with E-state index >= 15 is 0 Å². The molecule has 16 heavy (non-hydrogen) atoms. The second-order valence-electron chi connectivity index (χ2n) is 2.79. The van der Waals surface area contributed by atoms with Gasteiger partial charge in [0, 0.05) is 0 Å². The minimum Gasteiger partial charge on any atom is -0.469 e. The lowest BCUT2D eigenvalue weighted by molar-refractivity contribution is -0.141. The van der Waals surface area contributed by atoms with Crippen LogP contribution in [0.25, 0.3) is 0 Å². The fourth-order valence-electron chi connectivity index (χ4n) is 0.922. The highest BCUT2D eigenvalue weighted by Gasteiger charge is 2.34. The Kier molecular flexibility index (Phi) is 3.69. The minimum absolute atomic E-state index is 0.149. The SMILES string of the molecule is COC(=O)Cc1cc(C(F)(F)F)c(Cl)nn1. The third-order valence-corrected chi connectivity index (χ3v) is 1.94. The molecule has 0 radical (unpaired) electrons. The van der Waals surface area contributed by atoms with Crippen molar-refractivity contribution < 1.29 is 22.7 Å². The summed E-state index contributed by atoms with van der Waals surface area (Å²) < 4.78 is 41.4. The molecule has 1 rings (SSSR count). The van der Waals surface area contributed by atoms with Crippen molar-refractivity contribution in [3.8, 4) is 0 Å². The zero-order chi connectivity index (χ0) is 12.3. The highest BCUT2D eigenvalue weighted by Crippen LogP contribution is 2.33. The Labute approximate surface area is 93.4 Å². The normalized spacial score (nSPS) is 11.3. The van der Waals surface area contributed by atoms with Gasteiger partial charge < -0.3 is 4.74 Å². The van der Waals surface area contributed by atoms with Crippen molar-refractivity contribution >= 4 is 17.6 Å². The summed E-state index contributed by atoms with van der Waals surface area (Å²) >= 11 is 5.24. The van der Waals surface area contributed by atoms with Crippen molar-refractivity contribution in [2.45, 2.75) is 12.6 Å². The first kappa shape index (κ1) is 12.7. The van der Waals surface area contributed by atoms with Crippen molar-refractivity contribution in [1.82, 2.24) is 10.2 Å². The van der Waals surface area contributed by atoms with Crippen LogP contribution in [-0.4, -0.2) is 23.3 Å². The molecule has 0 aliphatic heterocycles. The predicted octanol–water partition coefficient (Wildman–Crippen LogP) is 1.86. The minimum atomic E-state index is -4.63. The molecule has 0 spiro atoms. The van der Waals surface area contributed by atoms with Gasteiger partial charge in [-0.1, -0.05) is 11.6 Å². The largest absolute Gasteiger partial charge is 0.469 e. The van der Waals surface area contributed by atoms with Crippen LogP contribution in [0.2, 0.25) is 5.15 Å². The van der Waals surface area contributed by atoms with Crippen LogP contribution < -0.4 is 0 Å². The molecular formula is C8H6ClF3N2O2. The molecule has 0 saturated heterocycles. The van der Waals surface area contributed by atoms with E-state index in [-0.39, 0.29) is 12.1 Å². The van der Waals surface area contributed by atoms with Gasteiger partial charge in [0.2, 0.25) is 0 Å². The number of esters is 1. The molecule has 1 heterocycles. The van der Waals surface area contributed by atoms with E-state index in [4.69, 9.17) is 11.6 Å². The van der Waals surface area contributed by atoms with Gasteiger partial charge in [-0.3, -0.25) is 4.79 Å². The van der Waals surface area contributed by atoms with Crippen molar-refractivity contribution in [1.29, 1.82) is 0 Å². The number of hydrogen-bond donors (Lipinski definition) is 0. The third kappa shape index (κ3) is 3.06. The van der Waals surface area contributed by atoms with Gasteiger partial charge in [0.15, 0.2) is 5.15 Å². The van der Waals surface area contributed by atoms with E-state index in [1.165, 1.54) is 0 Å². The molecule has 0 amide bonds. The van der Waals surface area contributed by atoms with E-state index in [1.807, 2.05) is 0 Å². The zero-order valence-corrected chi connectivity index (χ0v) is 8.76. The summed E-state index contributed by atoms with van der Waals surface area (Å²) in [6.45, 7) is 0. The lowest BCUT2D eigenvalue weighted by Crippen LogP contribution is -2.12. The summed E-state index contributed by atoms with van der Waals surface area (Å²) in [5.74, 6) is -0.704. The molecule has 4 nitrogen and oxygen atoms in total. The van der Waals surface area contributed by atoms with Crippen molar-refractivity contribution in [3.63, 3.8) is 0 Å². The number of ether oxygens (including phenoxy) is 1.